The summed E-state index contributed by atoms with van der Waals surface area (Å²) in [6, 6.07) is 17.6. The van der Waals surface area contributed by atoms with Crippen LogP contribution in [-0.2, 0) is 0 Å². The standard InChI is InChI=1S/C30H40N6/c1-29(2,3)25(31-7)27-33-17-23(35-27)21-13-9-19(10-14-21)20-11-15-22(16-12-20)24-18-34-28(36-24)26(32-8)30(4,5)6/h9-18,25-26,31-32H,1-8H3,(H,33,35)(H,34,36)/t25-,26-/m1/s1. The van der Waals surface area contributed by atoms with E-state index in [0.29, 0.717) is 0 Å². The Labute approximate surface area is 215 Å². The third-order valence-electron chi connectivity index (χ3n) is 6.77. The number of hydrogen-bond donors (Lipinski definition) is 4. The van der Waals surface area contributed by atoms with E-state index in [1.807, 2.05) is 26.5 Å². The Morgan fingerprint density at radius 1 is 0.556 bits per heavy atom. The van der Waals surface area contributed by atoms with Crippen molar-refractivity contribution in [3.05, 3.63) is 72.6 Å². The lowest BCUT2D eigenvalue weighted by atomic mass is 9.86. The lowest BCUT2D eigenvalue weighted by Crippen LogP contribution is -2.30. The van der Waals surface area contributed by atoms with Crippen LogP contribution in [0.3, 0.4) is 0 Å². The molecular formula is C30H40N6. The molecule has 0 saturated carbocycles. The molecular weight excluding hydrogens is 444 g/mol. The topological polar surface area (TPSA) is 81.4 Å². The summed E-state index contributed by atoms with van der Waals surface area (Å²) in [5.41, 5.74) is 6.81. The molecule has 0 aliphatic heterocycles. The first-order valence-corrected chi connectivity index (χ1v) is 12.7. The highest BCUT2D eigenvalue weighted by Gasteiger charge is 2.28. The molecule has 0 saturated heterocycles. The van der Waals surface area contributed by atoms with Gasteiger partial charge in [0.05, 0.1) is 35.9 Å². The van der Waals surface area contributed by atoms with Gasteiger partial charge < -0.3 is 20.6 Å². The number of rotatable bonds is 7. The van der Waals surface area contributed by atoms with Crippen molar-refractivity contribution in [3.63, 3.8) is 0 Å². The summed E-state index contributed by atoms with van der Waals surface area (Å²) in [6.45, 7) is 13.3. The quantitative estimate of drug-likeness (QED) is 0.234. The molecule has 0 amide bonds. The molecule has 36 heavy (non-hydrogen) atoms. The van der Waals surface area contributed by atoms with Gasteiger partial charge in [-0.3, -0.25) is 0 Å². The molecule has 0 aliphatic rings. The van der Waals surface area contributed by atoms with Crippen LogP contribution in [-0.4, -0.2) is 34.0 Å². The lowest BCUT2D eigenvalue weighted by molar-refractivity contribution is 0.277. The molecule has 6 nitrogen and oxygen atoms in total. The van der Waals surface area contributed by atoms with E-state index in [1.54, 1.807) is 0 Å². The Kier molecular flexibility index (Phi) is 7.21. The molecule has 0 bridgehead atoms. The second-order valence-electron chi connectivity index (χ2n) is 11.7. The van der Waals surface area contributed by atoms with E-state index in [9.17, 15) is 0 Å². The Morgan fingerprint density at radius 2 is 0.861 bits per heavy atom. The van der Waals surface area contributed by atoms with Crippen LogP contribution in [0.25, 0.3) is 33.6 Å². The van der Waals surface area contributed by atoms with Gasteiger partial charge in [0.15, 0.2) is 0 Å². The first-order chi connectivity index (χ1) is 17.0. The monoisotopic (exact) mass is 484 g/mol. The fourth-order valence-corrected chi connectivity index (χ4v) is 4.90. The summed E-state index contributed by atoms with van der Waals surface area (Å²) >= 11 is 0. The van der Waals surface area contributed by atoms with E-state index in [1.165, 1.54) is 11.1 Å². The number of imidazole rings is 2. The van der Waals surface area contributed by atoms with Crippen molar-refractivity contribution in [2.45, 2.75) is 53.6 Å². The van der Waals surface area contributed by atoms with E-state index >= 15 is 0 Å². The van der Waals surface area contributed by atoms with Gasteiger partial charge in [-0.05, 0) is 47.2 Å². The smallest absolute Gasteiger partial charge is 0.124 e. The molecule has 0 aliphatic carbocycles. The van der Waals surface area contributed by atoms with Crippen LogP contribution in [0.15, 0.2) is 60.9 Å². The molecule has 0 fully saturated rings. The van der Waals surface area contributed by atoms with E-state index in [4.69, 9.17) is 0 Å². The Hall–Kier alpha value is -3.22. The SMILES string of the molecule is CN[C@H](c1ncc(-c2ccc(-c3ccc(-c4cnc([C@@H](NC)C(C)(C)C)[nH]4)cc3)cc2)[nH]1)C(C)(C)C. The minimum atomic E-state index is 0.0683. The van der Waals surface area contributed by atoms with Gasteiger partial charge in [0.25, 0.3) is 0 Å². The van der Waals surface area contributed by atoms with Crippen molar-refractivity contribution in [2.75, 3.05) is 14.1 Å². The van der Waals surface area contributed by atoms with E-state index in [-0.39, 0.29) is 22.9 Å². The largest absolute Gasteiger partial charge is 0.341 e. The number of hydrogen-bond acceptors (Lipinski definition) is 4. The van der Waals surface area contributed by atoms with Gasteiger partial charge in [-0.25, -0.2) is 9.97 Å². The number of aromatic amines is 2. The summed E-state index contributed by atoms with van der Waals surface area (Å²) < 4.78 is 0. The average molecular weight is 485 g/mol. The Morgan fingerprint density at radius 3 is 1.14 bits per heavy atom. The molecule has 4 aromatic rings. The minimum Gasteiger partial charge on any atom is -0.341 e. The van der Waals surface area contributed by atoms with E-state index in [0.717, 1.165) is 34.2 Å². The molecule has 2 heterocycles. The maximum absolute atomic E-state index is 4.65. The van der Waals surface area contributed by atoms with Gasteiger partial charge >= 0.3 is 0 Å². The van der Waals surface area contributed by atoms with Gasteiger partial charge in [-0.15, -0.1) is 0 Å². The highest BCUT2D eigenvalue weighted by atomic mass is 15.0. The lowest BCUT2D eigenvalue weighted by Gasteiger charge is -2.28. The van der Waals surface area contributed by atoms with Crippen LogP contribution >= 0.6 is 0 Å². The summed E-state index contributed by atoms with van der Waals surface area (Å²) in [5, 5.41) is 6.77. The zero-order chi connectivity index (χ0) is 26.1. The molecule has 0 spiro atoms. The van der Waals surface area contributed by atoms with Crippen LogP contribution in [0.4, 0.5) is 0 Å². The molecule has 190 valence electrons. The zero-order valence-electron chi connectivity index (χ0n) is 22.8. The average Bonchev–Trinajstić information content (AvgIpc) is 3.49. The van der Waals surface area contributed by atoms with Crippen molar-refractivity contribution < 1.29 is 0 Å². The van der Waals surface area contributed by atoms with Crippen LogP contribution in [0, 0.1) is 10.8 Å². The molecule has 2 atom stereocenters. The molecule has 4 N–H and O–H groups in total. The minimum absolute atomic E-state index is 0.0683. The van der Waals surface area contributed by atoms with Crippen LogP contribution in [0.2, 0.25) is 0 Å². The van der Waals surface area contributed by atoms with Gasteiger partial charge in [0.2, 0.25) is 0 Å². The summed E-state index contributed by atoms with van der Waals surface area (Å²) in [7, 11) is 3.96. The molecule has 4 rings (SSSR count). The number of nitrogens with zero attached hydrogens (tertiary/aromatic N) is 2. The molecule has 2 aromatic carbocycles. The van der Waals surface area contributed by atoms with Crippen LogP contribution in [0.5, 0.6) is 0 Å². The van der Waals surface area contributed by atoms with Crippen molar-refractivity contribution in [1.29, 1.82) is 0 Å². The second kappa shape index (κ2) is 10.0. The van der Waals surface area contributed by atoms with Gasteiger partial charge in [0, 0.05) is 0 Å². The van der Waals surface area contributed by atoms with Crippen LogP contribution < -0.4 is 10.6 Å². The van der Waals surface area contributed by atoms with Crippen LogP contribution in [0.1, 0.15) is 65.3 Å². The molecule has 2 aromatic heterocycles. The summed E-state index contributed by atoms with van der Waals surface area (Å²) in [6.07, 6.45) is 3.85. The fraction of sp³-hybridized carbons (Fsp3) is 0.400. The van der Waals surface area contributed by atoms with E-state index in [2.05, 4.69) is 121 Å². The highest BCUT2D eigenvalue weighted by molar-refractivity contribution is 5.71. The predicted molar refractivity (Wildman–Crippen MR) is 150 cm³/mol. The van der Waals surface area contributed by atoms with Crippen molar-refractivity contribution in [1.82, 2.24) is 30.6 Å². The Balaban J connectivity index is 1.50. The number of nitrogens with one attached hydrogen (secondary N) is 4. The number of H-pyrrole nitrogens is 2. The van der Waals surface area contributed by atoms with Crippen molar-refractivity contribution in [2.24, 2.45) is 10.8 Å². The van der Waals surface area contributed by atoms with E-state index < -0.39 is 0 Å². The van der Waals surface area contributed by atoms with Crippen molar-refractivity contribution in [3.8, 4) is 33.6 Å². The Bertz CT molecular complexity index is 1160. The van der Waals surface area contributed by atoms with Gasteiger partial charge in [-0.1, -0.05) is 90.1 Å². The number of aromatic nitrogens is 4. The number of benzene rings is 2. The molecule has 0 radical (unpaired) electrons. The first kappa shape index (κ1) is 25.9. The maximum Gasteiger partial charge on any atom is 0.124 e. The maximum atomic E-state index is 4.65. The third-order valence-corrected chi connectivity index (χ3v) is 6.77. The third kappa shape index (κ3) is 5.45. The second-order valence-corrected chi connectivity index (χ2v) is 11.7. The van der Waals surface area contributed by atoms with Gasteiger partial charge in [-0.2, -0.15) is 0 Å². The predicted octanol–water partition coefficient (Wildman–Crippen LogP) is 6.75. The summed E-state index contributed by atoms with van der Waals surface area (Å²) in [5.74, 6) is 1.93. The molecule has 6 heteroatoms. The zero-order valence-corrected chi connectivity index (χ0v) is 22.8. The molecule has 0 unspecified atom stereocenters. The van der Waals surface area contributed by atoms with Gasteiger partial charge in [0.1, 0.15) is 11.6 Å². The van der Waals surface area contributed by atoms with Crippen molar-refractivity contribution >= 4 is 0 Å². The summed E-state index contributed by atoms with van der Waals surface area (Å²) in [4.78, 5) is 16.3. The highest BCUT2D eigenvalue weighted by Crippen LogP contribution is 2.34. The first-order valence-electron chi connectivity index (χ1n) is 12.7. The fourth-order valence-electron chi connectivity index (χ4n) is 4.90. The normalized spacial score (nSPS) is 14.1.